The lowest BCUT2D eigenvalue weighted by molar-refractivity contribution is 0.0557. The van der Waals surface area contributed by atoms with Crippen LogP contribution in [0.5, 0.6) is 0 Å². The third-order valence-electron chi connectivity index (χ3n) is 3.17. The molecule has 0 aromatic carbocycles. The van der Waals surface area contributed by atoms with Crippen LogP contribution < -0.4 is 4.90 Å². The molecule has 1 heterocycles. The Morgan fingerprint density at radius 2 is 2.19 bits per heavy atom. The summed E-state index contributed by atoms with van der Waals surface area (Å²) in [5, 5.41) is 10.2. The summed E-state index contributed by atoms with van der Waals surface area (Å²) >= 11 is 0. The van der Waals surface area contributed by atoms with Crippen molar-refractivity contribution in [3.05, 3.63) is 24.1 Å². The van der Waals surface area contributed by atoms with E-state index in [2.05, 4.69) is 4.98 Å². The molecule has 0 saturated heterocycles. The van der Waals surface area contributed by atoms with E-state index < -0.39 is 5.60 Å². The fourth-order valence-electron chi connectivity index (χ4n) is 2.37. The lowest BCUT2D eigenvalue weighted by atomic mass is 10.0. The number of rotatable bonds is 3. The number of hydrogen-bond donors (Lipinski definition) is 1. The minimum Gasteiger partial charge on any atom is -0.388 e. The van der Waals surface area contributed by atoms with Crippen LogP contribution in [0.25, 0.3) is 0 Å². The van der Waals surface area contributed by atoms with Crippen LogP contribution in [0.4, 0.5) is 10.2 Å². The second-order valence-electron chi connectivity index (χ2n) is 4.60. The van der Waals surface area contributed by atoms with Crippen molar-refractivity contribution in [3.8, 4) is 0 Å². The van der Waals surface area contributed by atoms with Gasteiger partial charge in [-0.25, -0.2) is 9.37 Å². The Kier molecular flexibility index (Phi) is 3.10. The molecule has 1 aromatic heterocycles. The summed E-state index contributed by atoms with van der Waals surface area (Å²) in [5.74, 6) is -0.0329. The van der Waals surface area contributed by atoms with Gasteiger partial charge < -0.3 is 10.0 Å². The first-order valence-corrected chi connectivity index (χ1v) is 5.65. The maximum atomic E-state index is 13.5. The minimum atomic E-state index is -0.668. The fourth-order valence-corrected chi connectivity index (χ4v) is 2.37. The average Bonchev–Trinajstić information content (AvgIpc) is 2.65. The zero-order valence-electron chi connectivity index (χ0n) is 9.49. The van der Waals surface area contributed by atoms with Crippen LogP contribution in [0.3, 0.4) is 0 Å². The summed E-state index contributed by atoms with van der Waals surface area (Å²) < 4.78 is 13.5. The van der Waals surface area contributed by atoms with Gasteiger partial charge in [0.1, 0.15) is 0 Å². The van der Waals surface area contributed by atoms with Gasteiger partial charge in [0.2, 0.25) is 0 Å². The van der Waals surface area contributed by atoms with E-state index in [1.54, 1.807) is 24.2 Å². The van der Waals surface area contributed by atoms with E-state index >= 15 is 0 Å². The largest absolute Gasteiger partial charge is 0.388 e. The standard InChI is InChI=1S/C12H17FN2O/c1-15(9-12(16)6-2-3-7-12)11-10(13)5-4-8-14-11/h4-5,8,16H,2-3,6-7,9H2,1H3. The van der Waals surface area contributed by atoms with E-state index in [0.717, 1.165) is 25.7 Å². The first-order valence-electron chi connectivity index (χ1n) is 5.65. The molecule has 0 atom stereocenters. The summed E-state index contributed by atoms with van der Waals surface area (Å²) in [7, 11) is 1.77. The number of nitrogens with zero attached hydrogens (tertiary/aromatic N) is 2. The highest BCUT2D eigenvalue weighted by atomic mass is 19.1. The quantitative estimate of drug-likeness (QED) is 0.852. The number of pyridine rings is 1. The summed E-state index contributed by atoms with van der Waals surface area (Å²) in [6, 6.07) is 2.95. The van der Waals surface area contributed by atoms with Gasteiger partial charge in [0, 0.05) is 19.8 Å². The molecular formula is C12H17FN2O. The van der Waals surface area contributed by atoms with E-state index in [1.807, 2.05) is 0 Å². The lowest BCUT2D eigenvalue weighted by Crippen LogP contribution is -2.39. The van der Waals surface area contributed by atoms with Crippen molar-refractivity contribution in [2.75, 3.05) is 18.5 Å². The van der Waals surface area contributed by atoms with Crippen molar-refractivity contribution in [1.29, 1.82) is 0 Å². The molecule has 0 radical (unpaired) electrons. The first kappa shape index (κ1) is 11.3. The second kappa shape index (κ2) is 4.37. The Morgan fingerprint density at radius 3 is 2.81 bits per heavy atom. The lowest BCUT2D eigenvalue weighted by Gasteiger charge is -2.29. The van der Waals surface area contributed by atoms with E-state index in [0.29, 0.717) is 12.4 Å². The Morgan fingerprint density at radius 1 is 1.50 bits per heavy atom. The van der Waals surface area contributed by atoms with E-state index in [1.165, 1.54) is 6.07 Å². The number of anilines is 1. The summed E-state index contributed by atoms with van der Waals surface area (Å²) in [6.07, 6.45) is 5.26. The minimum absolute atomic E-state index is 0.308. The number of likely N-dealkylation sites (N-methyl/N-ethyl adjacent to an activating group) is 1. The predicted molar refractivity (Wildman–Crippen MR) is 60.9 cm³/mol. The molecule has 0 amide bonds. The van der Waals surface area contributed by atoms with Crippen molar-refractivity contribution in [2.24, 2.45) is 0 Å². The summed E-state index contributed by atoms with van der Waals surface area (Å²) in [5.41, 5.74) is -0.668. The number of halogens is 1. The molecule has 3 nitrogen and oxygen atoms in total. The van der Waals surface area contributed by atoms with E-state index in [-0.39, 0.29) is 5.82 Å². The number of aliphatic hydroxyl groups is 1. The van der Waals surface area contributed by atoms with Gasteiger partial charge in [-0.15, -0.1) is 0 Å². The Balaban J connectivity index is 2.08. The van der Waals surface area contributed by atoms with Crippen LogP contribution in [0.2, 0.25) is 0 Å². The molecule has 1 aromatic rings. The molecule has 2 rings (SSSR count). The molecule has 1 saturated carbocycles. The third kappa shape index (κ3) is 2.32. The molecular weight excluding hydrogens is 207 g/mol. The smallest absolute Gasteiger partial charge is 0.165 e. The zero-order chi connectivity index (χ0) is 11.6. The van der Waals surface area contributed by atoms with Crippen molar-refractivity contribution in [1.82, 2.24) is 4.98 Å². The van der Waals surface area contributed by atoms with Crippen LogP contribution in [0.15, 0.2) is 18.3 Å². The Labute approximate surface area is 94.9 Å². The normalized spacial score (nSPS) is 18.7. The molecule has 16 heavy (non-hydrogen) atoms. The van der Waals surface area contributed by atoms with Gasteiger partial charge in [0.05, 0.1) is 5.60 Å². The van der Waals surface area contributed by atoms with Crippen molar-refractivity contribution < 1.29 is 9.50 Å². The molecule has 1 aliphatic carbocycles. The SMILES string of the molecule is CN(CC1(O)CCCC1)c1ncccc1F. The molecule has 88 valence electrons. The molecule has 0 bridgehead atoms. The van der Waals surface area contributed by atoms with Gasteiger partial charge in [-0.05, 0) is 25.0 Å². The summed E-state index contributed by atoms with van der Waals surface area (Å²) in [6.45, 7) is 0.445. The van der Waals surface area contributed by atoms with Crippen LogP contribution in [-0.2, 0) is 0 Å². The van der Waals surface area contributed by atoms with Gasteiger partial charge in [-0.2, -0.15) is 0 Å². The van der Waals surface area contributed by atoms with E-state index in [9.17, 15) is 9.50 Å². The highest BCUT2D eigenvalue weighted by Crippen LogP contribution is 2.31. The molecule has 4 heteroatoms. The van der Waals surface area contributed by atoms with Crippen LogP contribution >= 0.6 is 0 Å². The van der Waals surface area contributed by atoms with Crippen LogP contribution in [0.1, 0.15) is 25.7 Å². The van der Waals surface area contributed by atoms with Crippen molar-refractivity contribution in [2.45, 2.75) is 31.3 Å². The third-order valence-corrected chi connectivity index (χ3v) is 3.17. The topological polar surface area (TPSA) is 36.4 Å². The van der Waals surface area contributed by atoms with Gasteiger partial charge in [0.15, 0.2) is 11.6 Å². The second-order valence-corrected chi connectivity index (χ2v) is 4.60. The molecule has 0 aliphatic heterocycles. The summed E-state index contributed by atoms with van der Waals surface area (Å²) in [4.78, 5) is 5.69. The molecule has 1 fully saturated rings. The maximum absolute atomic E-state index is 13.5. The van der Waals surface area contributed by atoms with Gasteiger partial charge in [-0.1, -0.05) is 12.8 Å². The highest BCUT2D eigenvalue weighted by molar-refractivity contribution is 5.39. The molecule has 1 N–H and O–H groups in total. The Bertz CT molecular complexity index is 364. The van der Waals surface area contributed by atoms with E-state index in [4.69, 9.17) is 0 Å². The maximum Gasteiger partial charge on any atom is 0.165 e. The monoisotopic (exact) mass is 224 g/mol. The predicted octanol–water partition coefficient (Wildman–Crippen LogP) is 1.96. The molecule has 0 spiro atoms. The highest BCUT2D eigenvalue weighted by Gasteiger charge is 2.32. The van der Waals surface area contributed by atoms with Crippen molar-refractivity contribution >= 4 is 5.82 Å². The Hall–Kier alpha value is -1.16. The average molecular weight is 224 g/mol. The van der Waals surface area contributed by atoms with Gasteiger partial charge in [-0.3, -0.25) is 0 Å². The van der Waals surface area contributed by atoms with Gasteiger partial charge >= 0.3 is 0 Å². The number of aromatic nitrogens is 1. The van der Waals surface area contributed by atoms with Crippen LogP contribution in [-0.4, -0.2) is 29.3 Å². The first-order chi connectivity index (χ1) is 7.61. The van der Waals surface area contributed by atoms with Crippen LogP contribution in [0, 0.1) is 5.82 Å². The molecule has 1 aliphatic rings. The van der Waals surface area contributed by atoms with Crippen molar-refractivity contribution in [3.63, 3.8) is 0 Å². The van der Waals surface area contributed by atoms with Gasteiger partial charge in [0.25, 0.3) is 0 Å². The molecule has 0 unspecified atom stereocenters. The zero-order valence-corrected chi connectivity index (χ0v) is 9.49. The number of hydrogen-bond acceptors (Lipinski definition) is 3. The fraction of sp³-hybridized carbons (Fsp3) is 0.583.